The topological polar surface area (TPSA) is 64.6 Å². The Kier molecular flexibility index (Phi) is 6.80. The summed E-state index contributed by atoms with van der Waals surface area (Å²) in [5.74, 6) is 0. The van der Waals surface area contributed by atoms with Crippen LogP contribution in [0.1, 0.15) is 45.6 Å². The van der Waals surface area contributed by atoms with Crippen molar-refractivity contribution in [2.24, 2.45) is 0 Å². The van der Waals surface area contributed by atoms with Crippen LogP contribution in [0, 0.1) is 0 Å². The summed E-state index contributed by atoms with van der Waals surface area (Å²) in [4.78, 5) is 0.302. The number of hydrogen-bond acceptors (Lipinski definition) is 4. The van der Waals surface area contributed by atoms with Gasteiger partial charge in [-0.25, -0.2) is 13.1 Å². The van der Waals surface area contributed by atoms with Gasteiger partial charge in [0.1, 0.15) is 0 Å². The van der Waals surface area contributed by atoms with Crippen LogP contribution < -0.4 is 4.72 Å². The number of rotatable bonds is 8. The average Bonchev–Trinajstić information content (AvgIpc) is 3.03. The van der Waals surface area contributed by atoms with E-state index in [2.05, 4.69) is 25.5 Å². The summed E-state index contributed by atoms with van der Waals surface area (Å²) in [6, 6.07) is 7.08. The van der Waals surface area contributed by atoms with Crippen molar-refractivity contribution >= 4 is 10.0 Å². The molecule has 0 aliphatic carbocycles. The molecule has 1 heterocycles. The molecule has 0 amide bonds. The van der Waals surface area contributed by atoms with Gasteiger partial charge in [-0.1, -0.05) is 32.9 Å². The molecule has 0 aromatic heterocycles. The Hall–Kier alpha value is -0.950. The Morgan fingerprint density at radius 3 is 2.54 bits per heavy atom. The molecule has 0 bridgehead atoms. The lowest BCUT2D eigenvalue weighted by Gasteiger charge is -2.19. The first-order chi connectivity index (χ1) is 11.3. The molecule has 1 atom stereocenters. The van der Waals surface area contributed by atoms with Crippen molar-refractivity contribution in [3.05, 3.63) is 29.8 Å². The van der Waals surface area contributed by atoms with Crippen LogP contribution in [0.4, 0.5) is 0 Å². The van der Waals surface area contributed by atoms with Gasteiger partial charge in [-0.2, -0.15) is 0 Å². The molecule has 24 heavy (non-hydrogen) atoms. The van der Waals surface area contributed by atoms with E-state index in [1.165, 1.54) is 0 Å². The highest BCUT2D eigenvalue weighted by Crippen LogP contribution is 2.23. The van der Waals surface area contributed by atoms with Crippen LogP contribution in [0.5, 0.6) is 0 Å². The molecule has 6 heteroatoms. The smallest absolute Gasteiger partial charge is 0.240 e. The summed E-state index contributed by atoms with van der Waals surface area (Å²) in [5, 5.41) is 0. The van der Waals surface area contributed by atoms with Crippen molar-refractivity contribution in [2.75, 3.05) is 26.4 Å². The lowest BCUT2D eigenvalue weighted by Crippen LogP contribution is -2.26. The second-order valence-corrected chi connectivity index (χ2v) is 9.00. The minimum absolute atomic E-state index is 0.0100. The summed E-state index contributed by atoms with van der Waals surface area (Å²) < 4.78 is 38.1. The number of benzene rings is 1. The Balaban J connectivity index is 1.72. The molecule has 1 fully saturated rings. The fraction of sp³-hybridized carbons (Fsp3) is 0.667. The standard InChI is InChI=1S/C18H29NO4S/c1-18(2,3)15-7-9-17(10-8-15)24(20,21)19-11-5-12-22-14-16-6-4-13-23-16/h7-10,16,19H,4-6,11-14H2,1-3H3. The zero-order chi connectivity index (χ0) is 17.6. The van der Waals surface area contributed by atoms with Crippen LogP contribution >= 0.6 is 0 Å². The van der Waals surface area contributed by atoms with Gasteiger partial charge in [-0.05, 0) is 42.4 Å². The lowest BCUT2D eigenvalue weighted by atomic mass is 9.87. The SMILES string of the molecule is CC(C)(C)c1ccc(S(=O)(=O)NCCCOCC2CCCO2)cc1. The first-order valence-corrected chi connectivity index (χ1v) is 10.1. The highest BCUT2D eigenvalue weighted by atomic mass is 32.2. The second-order valence-electron chi connectivity index (χ2n) is 7.24. The molecule has 1 aliphatic rings. The van der Waals surface area contributed by atoms with E-state index >= 15 is 0 Å². The highest BCUT2D eigenvalue weighted by Gasteiger charge is 2.17. The summed E-state index contributed by atoms with van der Waals surface area (Å²) in [7, 11) is -3.46. The highest BCUT2D eigenvalue weighted by molar-refractivity contribution is 7.89. The maximum absolute atomic E-state index is 12.3. The molecule has 1 aromatic carbocycles. The molecular weight excluding hydrogens is 326 g/mol. The first kappa shape index (κ1) is 19.4. The fourth-order valence-corrected chi connectivity index (χ4v) is 3.66. The van der Waals surface area contributed by atoms with Crippen LogP contribution in [-0.2, 0) is 24.9 Å². The van der Waals surface area contributed by atoms with E-state index in [4.69, 9.17) is 9.47 Å². The van der Waals surface area contributed by atoms with Gasteiger partial charge in [0, 0.05) is 19.8 Å². The van der Waals surface area contributed by atoms with Crippen molar-refractivity contribution in [1.82, 2.24) is 4.72 Å². The van der Waals surface area contributed by atoms with Crippen molar-refractivity contribution in [3.8, 4) is 0 Å². The Morgan fingerprint density at radius 2 is 1.96 bits per heavy atom. The van der Waals surface area contributed by atoms with E-state index in [0.717, 1.165) is 25.0 Å². The monoisotopic (exact) mass is 355 g/mol. The molecule has 1 N–H and O–H groups in total. The second kappa shape index (κ2) is 8.43. The predicted octanol–water partition coefficient (Wildman–Crippen LogP) is 2.85. The Labute approximate surface area is 145 Å². The maximum Gasteiger partial charge on any atom is 0.240 e. The van der Waals surface area contributed by atoms with Gasteiger partial charge in [-0.15, -0.1) is 0 Å². The van der Waals surface area contributed by atoms with Gasteiger partial charge in [0.05, 0.1) is 17.6 Å². The molecule has 0 saturated carbocycles. The minimum atomic E-state index is -3.46. The first-order valence-electron chi connectivity index (χ1n) is 8.58. The molecule has 1 unspecified atom stereocenters. The average molecular weight is 356 g/mol. The molecule has 0 spiro atoms. The zero-order valence-corrected chi connectivity index (χ0v) is 15.7. The van der Waals surface area contributed by atoms with Crippen LogP contribution in [-0.4, -0.2) is 40.9 Å². The van der Waals surface area contributed by atoms with E-state index < -0.39 is 10.0 Å². The minimum Gasteiger partial charge on any atom is -0.379 e. The summed E-state index contributed by atoms with van der Waals surface area (Å²) >= 11 is 0. The lowest BCUT2D eigenvalue weighted by molar-refractivity contribution is 0.0169. The van der Waals surface area contributed by atoms with Crippen LogP contribution in [0.2, 0.25) is 0 Å². The van der Waals surface area contributed by atoms with Crippen molar-refractivity contribution < 1.29 is 17.9 Å². The predicted molar refractivity (Wildman–Crippen MR) is 94.7 cm³/mol. The normalized spacial score (nSPS) is 18.9. The molecule has 2 rings (SSSR count). The van der Waals surface area contributed by atoms with Crippen LogP contribution in [0.15, 0.2) is 29.2 Å². The Morgan fingerprint density at radius 1 is 1.25 bits per heavy atom. The summed E-state index contributed by atoms with van der Waals surface area (Å²) in [6.45, 7) is 8.63. The molecule has 1 aliphatic heterocycles. The third kappa shape index (κ3) is 5.84. The van der Waals surface area contributed by atoms with Crippen molar-refractivity contribution in [3.63, 3.8) is 0 Å². The van der Waals surface area contributed by atoms with E-state index in [1.54, 1.807) is 12.1 Å². The number of ether oxygens (including phenoxy) is 2. The number of sulfonamides is 1. The maximum atomic E-state index is 12.3. The van der Waals surface area contributed by atoms with E-state index in [9.17, 15) is 8.42 Å². The summed E-state index contributed by atoms with van der Waals surface area (Å²) in [6.07, 6.45) is 3.01. The van der Waals surface area contributed by atoms with Gasteiger partial charge < -0.3 is 9.47 Å². The molecule has 5 nitrogen and oxygen atoms in total. The molecule has 136 valence electrons. The number of nitrogens with one attached hydrogen (secondary N) is 1. The summed E-state index contributed by atoms with van der Waals surface area (Å²) in [5.41, 5.74) is 1.12. The Bertz CT molecular complexity index is 599. The van der Waals surface area contributed by atoms with E-state index in [1.807, 2.05) is 12.1 Å². The van der Waals surface area contributed by atoms with Crippen molar-refractivity contribution in [1.29, 1.82) is 0 Å². The third-order valence-corrected chi connectivity index (χ3v) is 5.59. The van der Waals surface area contributed by atoms with Gasteiger partial charge in [-0.3, -0.25) is 0 Å². The molecular formula is C18H29NO4S. The van der Waals surface area contributed by atoms with Gasteiger partial charge in [0.2, 0.25) is 10.0 Å². The van der Waals surface area contributed by atoms with Crippen LogP contribution in [0.25, 0.3) is 0 Å². The molecule has 0 radical (unpaired) electrons. The number of hydrogen-bond donors (Lipinski definition) is 1. The van der Waals surface area contributed by atoms with E-state index in [0.29, 0.717) is 31.1 Å². The largest absolute Gasteiger partial charge is 0.379 e. The third-order valence-electron chi connectivity index (χ3n) is 4.12. The van der Waals surface area contributed by atoms with E-state index in [-0.39, 0.29) is 11.5 Å². The van der Waals surface area contributed by atoms with Crippen molar-refractivity contribution in [2.45, 2.75) is 56.4 Å². The van der Waals surface area contributed by atoms with Gasteiger partial charge in [0.25, 0.3) is 0 Å². The zero-order valence-electron chi connectivity index (χ0n) is 14.9. The molecule has 1 saturated heterocycles. The fourth-order valence-electron chi connectivity index (χ4n) is 2.59. The molecule has 1 aromatic rings. The quantitative estimate of drug-likeness (QED) is 0.728. The van der Waals surface area contributed by atoms with Gasteiger partial charge >= 0.3 is 0 Å². The van der Waals surface area contributed by atoms with Gasteiger partial charge in [0.15, 0.2) is 0 Å². The van der Waals surface area contributed by atoms with Crippen LogP contribution in [0.3, 0.4) is 0 Å².